The average Bonchev–Trinajstić information content (AvgIpc) is 2.92. The van der Waals surface area contributed by atoms with Crippen molar-refractivity contribution in [3.05, 3.63) is 35.4 Å². The van der Waals surface area contributed by atoms with Gasteiger partial charge in [-0.3, -0.25) is 4.79 Å². The van der Waals surface area contributed by atoms with Crippen LogP contribution in [0.2, 0.25) is 0 Å². The van der Waals surface area contributed by atoms with Crippen molar-refractivity contribution < 1.29 is 10.0 Å². The highest BCUT2D eigenvalue weighted by Crippen LogP contribution is 2.37. The van der Waals surface area contributed by atoms with E-state index in [-0.39, 0.29) is 0 Å². The van der Waals surface area contributed by atoms with Gasteiger partial charge in [0.25, 0.3) is 5.91 Å². The highest BCUT2D eigenvalue weighted by atomic mass is 32.2. The summed E-state index contributed by atoms with van der Waals surface area (Å²) in [6, 6.07) is 5.34. The highest BCUT2D eigenvalue weighted by molar-refractivity contribution is 7.99. The molecule has 0 atom stereocenters. The third-order valence-corrected chi connectivity index (χ3v) is 5.42. The molecule has 1 aromatic carbocycles. The summed E-state index contributed by atoms with van der Waals surface area (Å²) in [6.45, 7) is 7.82. The minimum absolute atomic E-state index is 0.418. The molecule has 0 unspecified atom stereocenters. The summed E-state index contributed by atoms with van der Waals surface area (Å²) in [6.07, 6.45) is 2.77. The first-order valence-electron chi connectivity index (χ1n) is 8.19. The van der Waals surface area contributed by atoms with E-state index in [0.29, 0.717) is 11.1 Å². The SMILES string of the molecule is CC1(C)C=C(CSc2nc3c(C(N)=O)cccc3[nH]2)CC(C)(C)N1[O]. The van der Waals surface area contributed by atoms with E-state index in [2.05, 4.69) is 16.0 Å². The lowest BCUT2D eigenvalue weighted by Gasteiger charge is -2.45. The van der Waals surface area contributed by atoms with Crippen LogP contribution in [-0.2, 0) is 5.21 Å². The van der Waals surface area contributed by atoms with E-state index in [4.69, 9.17) is 5.73 Å². The van der Waals surface area contributed by atoms with Gasteiger partial charge in [-0.1, -0.05) is 29.5 Å². The van der Waals surface area contributed by atoms with Gasteiger partial charge in [0, 0.05) is 11.3 Å². The number of nitrogens with zero attached hydrogens (tertiary/aromatic N) is 2. The van der Waals surface area contributed by atoms with E-state index in [9.17, 15) is 10.0 Å². The average molecular weight is 359 g/mol. The zero-order valence-corrected chi connectivity index (χ0v) is 15.7. The Morgan fingerprint density at radius 2 is 2.08 bits per heavy atom. The molecule has 133 valence electrons. The summed E-state index contributed by atoms with van der Waals surface area (Å²) in [5, 5.41) is 14.3. The first kappa shape index (κ1) is 18.0. The topological polar surface area (TPSA) is 94.9 Å². The lowest BCUT2D eigenvalue weighted by atomic mass is 9.83. The predicted molar refractivity (Wildman–Crippen MR) is 98.7 cm³/mol. The van der Waals surface area contributed by atoms with Crippen LogP contribution >= 0.6 is 11.8 Å². The Bertz CT molecular complexity index is 854. The summed E-state index contributed by atoms with van der Waals surface area (Å²) < 4.78 is 0. The highest BCUT2D eigenvalue weighted by Gasteiger charge is 2.41. The number of aromatic nitrogens is 2. The van der Waals surface area contributed by atoms with E-state index < -0.39 is 17.0 Å². The van der Waals surface area contributed by atoms with Crippen LogP contribution < -0.4 is 5.73 Å². The Hall–Kier alpha value is -1.83. The van der Waals surface area contributed by atoms with Gasteiger partial charge in [-0.05, 0) is 46.2 Å². The maximum Gasteiger partial charge on any atom is 0.250 e. The number of hydroxylamine groups is 2. The molecule has 0 fully saturated rings. The molecule has 0 bridgehead atoms. The molecule has 1 radical (unpaired) electrons. The molecule has 7 heteroatoms. The smallest absolute Gasteiger partial charge is 0.250 e. The fourth-order valence-electron chi connectivity index (χ4n) is 3.55. The van der Waals surface area contributed by atoms with Crippen LogP contribution in [0.5, 0.6) is 0 Å². The van der Waals surface area contributed by atoms with Crippen molar-refractivity contribution in [1.82, 2.24) is 15.0 Å². The number of rotatable bonds is 4. The van der Waals surface area contributed by atoms with Crippen LogP contribution in [0.3, 0.4) is 0 Å². The number of fused-ring (bicyclic) bond motifs is 1. The largest absolute Gasteiger partial charge is 0.366 e. The van der Waals surface area contributed by atoms with Gasteiger partial charge in [0.15, 0.2) is 5.16 Å². The van der Waals surface area contributed by atoms with E-state index in [1.807, 2.05) is 33.8 Å². The third kappa shape index (κ3) is 3.44. The fraction of sp³-hybridized carbons (Fsp3) is 0.444. The van der Waals surface area contributed by atoms with Gasteiger partial charge in [0.1, 0.15) is 5.52 Å². The van der Waals surface area contributed by atoms with Crippen LogP contribution in [0.4, 0.5) is 0 Å². The Labute approximate surface area is 151 Å². The lowest BCUT2D eigenvalue weighted by Crippen LogP contribution is -2.54. The summed E-state index contributed by atoms with van der Waals surface area (Å²) in [5.74, 6) is 0.259. The van der Waals surface area contributed by atoms with Gasteiger partial charge in [-0.15, -0.1) is 10.3 Å². The maximum absolute atomic E-state index is 12.4. The number of imidazole rings is 1. The molecule has 1 aliphatic rings. The maximum atomic E-state index is 12.4. The van der Waals surface area contributed by atoms with Crippen LogP contribution in [0.25, 0.3) is 11.0 Å². The molecule has 3 N–H and O–H groups in total. The fourth-order valence-corrected chi connectivity index (χ4v) is 4.39. The number of H-pyrrole nitrogens is 1. The Morgan fingerprint density at radius 1 is 1.36 bits per heavy atom. The van der Waals surface area contributed by atoms with Crippen molar-refractivity contribution in [2.75, 3.05) is 5.75 Å². The first-order valence-corrected chi connectivity index (χ1v) is 9.18. The van der Waals surface area contributed by atoms with E-state index >= 15 is 0 Å². The second-order valence-corrected chi connectivity index (χ2v) is 8.60. The molecule has 0 aliphatic carbocycles. The van der Waals surface area contributed by atoms with Crippen molar-refractivity contribution in [1.29, 1.82) is 0 Å². The molecular weight excluding hydrogens is 336 g/mol. The summed E-state index contributed by atoms with van der Waals surface area (Å²) >= 11 is 1.57. The number of benzene rings is 1. The van der Waals surface area contributed by atoms with Crippen molar-refractivity contribution in [2.24, 2.45) is 5.73 Å². The van der Waals surface area contributed by atoms with Crippen molar-refractivity contribution in [3.8, 4) is 0 Å². The van der Waals surface area contributed by atoms with Crippen LogP contribution in [-0.4, -0.2) is 37.8 Å². The van der Waals surface area contributed by atoms with Crippen molar-refractivity contribution >= 4 is 28.7 Å². The summed E-state index contributed by atoms with van der Waals surface area (Å²) in [5.41, 5.74) is 7.49. The Morgan fingerprint density at radius 3 is 2.72 bits per heavy atom. The lowest BCUT2D eigenvalue weighted by molar-refractivity contribution is -0.263. The Kier molecular flexibility index (Phi) is 4.43. The number of para-hydroxylation sites is 1. The number of primary amides is 1. The molecule has 0 spiro atoms. The van der Waals surface area contributed by atoms with Gasteiger partial charge in [-0.2, -0.15) is 0 Å². The van der Waals surface area contributed by atoms with Crippen LogP contribution in [0.15, 0.2) is 35.0 Å². The molecule has 1 amide bonds. The number of carbonyl (C=O) groups is 1. The number of hydrogen-bond donors (Lipinski definition) is 2. The molecule has 6 nitrogen and oxygen atoms in total. The van der Waals surface area contributed by atoms with Crippen LogP contribution in [0, 0.1) is 0 Å². The summed E-state index contributed by atoms with van der Waals surface area (Å²) in [4.78, 5) is 19.3. The summed E-state index contributed by atoms with van der Waals surface area (Å²) in [7, 11) is 0. The normalized spacial score (nSPS) is 19.8. The zero-order valence-electron chi connectivity index (χ0n) is 14.9. The molecule has 0 saturated carbocycles. The van der Waals surface area contributed by atoms with E-state index in [1.54, 1.807) is 23.9 Å². The van der Waals surface area contributed by atoms with Gasteiger partial charge >= 0.3 is 0 Å². The minimum Gasteiger partial charge on any atom is -0.366 e. The molecule has 2 heterocycles. The number of carbonyl (C=O) groups excluding carboxylic acids is 1. The zero-order chi connectivity index (χ0) is 18.4. The van der Waals surface area contributed by atoms with Crippen molar-refractivity contribution in [3.63, 3.8) is 0 Å². The number of amides is 1. The second-order valence-electron chi connectivity index (χ2n) is 7.64. The molecular formula is C18H23N4O2S. The van der Waals surface area contributed by atoms with Crippen LogP contribution in [0.1, 0.15) is 44.5 Å². The monoisotopic (exact) mass is 359 g/mol. The van der Waals surface area contributed by atoms with Gasteiger partial charge in [0.05, 0.1) is 16.6 Å². The molecule has 1 aromatic heterocycles. The molecule has 3 rings (SSSR count). The molecule has 1 aliphatic heterocycles. The predicted octanol–water partition coefficient (Wildman–Crippen LogP) is 3.29. The Balaban J connectivity index is 1.81. The number of hydrogen-bond acceptors (Lipinski definition) is 4. The van der Waals surface area contributed by atoms with Gasteiger partial charge in [-0.25, -0.2) is 4.98 Å². The number of aromatic amines is 1. The quantitative estimate of drug-likeness (QED) is 0.647. The first-order chi connectivity index (χ1) is 11.6. The number of nitrogens with two attached hydrogens (primary N) is 1. The molecule has 2 aromatic rings. The van der Waals surface area contributed by atoms with Gasteiger partial charge < -0.3 is 10.7 Å². The third-order valence-electron chi connectivity index (χ3n) is 4.44. The second kappa shape index (κ2) is 6.16. The molecule has 25 heavy (non-hydrogen) atoms. The minimum atomic E-state index is -0.523. The van der Waals surface area contributed by atoms with E-state index in [0.717, 1.165) is 22.8 Å². The standard InChI is InChI=1S/C18H23N4O2S/c1-17(2)8-11(9-18(3,4)22(17)24)10-25-16-20-13-7-5-6-12(15(19)23)14(13)21-16/h5-8H,9-10H2,1-4H3,(H2,19,23)(H,20,21). The van der Waals surface area contributed by atoms with Gasteiger partial charge in [0.2, 0.25) is 0 Å². The molecule has 0 saturated heterocycles. The number of nitrogens with one attached hydrogen (secondary N) is 1. The van der Waals surface area contributed by atoms with E-state index in [1.165, 1.54) is 10.6 Å². The van der Waals surface area contributed by atoms with Crippen molar-refractivity contribution in [2.45, 2.75) is 50.4 Å². The number of thioether (sulfide) groups is 1.